The van der Waals surface area contributed by atoms with E-state index in [1.165, 1.54) is 31.3 Å². The number of fused-ring (bicyclic) bond motifs is 2. The largest absolute Gasteiger partial charge is 0.299 e. The van der Waals surface area contributed by atoms with Crippen LogP contribution in [-0.4, -0.2) is 11.6 Å². The minimum absolute atomic E-state index is 0.0205. The molecule has 4 aliphatic rings. The molecule has 2 bridgehead atoms. The van der Waals surface area contributed by atoms with Gasteiger partial charge in [-0.3, -0.25) is 9.59 Å². The third-order valence-electron chi connectivity index (χ3n) is 8.22. The Kier molecular flexibility index (Phi) is 2.62. The van der Waals surface area contributed by atoms with Gasteiger partial charge in [-0.05, 0) is 61.9 Å². The summed E-state index contributed by atoms with van der Waals surface area (Å²) >= 11 is 0. The van der Waals surface area contributed by atoms with Crippen LogP contribution in [0.3, 0.4) is 0 Å². The molecule has 0 N–H and O–H groups in total. The van der Waals surface area contributed by atoms with Crippen LogP contribution >= 0.6 is 0 Å². The zero-order valence-corrected chi connectivity index (χ0v) is 14.4. The molecule has 3 fully saturated rings. The Bertz CT molecular complexity index is 613. The summed E-state index contributed by atoms with van der Waals surface area (Å²) in [6.45, 7) is 9.19. The molecule has 22 heavy (non-hydrogen) atoms. The van der Waals surface area contributed by atoms with Gasteiger partial charge in [0.25, 0.3) is 0 Å². The fourth-order valence-electron chi connectivity index (χ4n) is 6.93. The number of Topliss-reactive ketones (excluding diaryl/α,β-unsaturated/α-hetero) is 1. The van der Waals surface area contributed by atoms with Gasteiger partial charge in [-0.1, -0.05) is 32.8 Å². The van der Waals surface area contributed by atoms with Crippen molar-refractivity contribution in [3.63, 3.8) is 0 Å². The molecule has 0 aliphatic heterocycles. The molecule has 4 atom stereocenters. The highest BCUT2D eigenvalue weighted by Crippen LogP contribution is 2.73. The number of ketones is 2. The van der Waals surface area contributed by atoms with Crippen LogP contribution in [-0.2, 0) is 9.59 Å². The summed E-state index contributed by atoms with van der Waals surface area (Å²) in [5.41, 5.74) is 1.12. The van der Waals surface area contributed by atoms with E-state index in [0.717, 1.165) is 12.8 Å². The van der Waals surface area contributed by atoms with Crippen LogP contribution < -0.4 is 0 Å². The molecule has 0 saturated heterocycles. The minimum atomic E-state index is -0.726. The van der Waals surface area contributed by atoms with E-state index in [0.29, 0.717) is 17.8 Å². The summed E-state index contributed by atoms with van der Waals surface area (Å²) in [4.78, 5) is 25.3. The zero-order valence-electron chi connectivity index (χ0n) is 14.4. The van der Waals surface area contributed by atoms with Crippen molar-refractivity contribution in [2.45, 2.75) is 72.6 Å². The third-order valence-corrected chi connectivity index (χ3v) is 8.22. The van der Waals surface area contributed by atoms with Crippen molar-refractivity contribution < 1.29 is 9.59 Å². The normalized spacial score (nSPS) is 49.5. The third kappa shape index (κ3) is 1.43. The molecular formula is C20H28O2. The molecule has 2 nitrogen and oxygen atoms in total. The first-order chi connectivity index (χ1) is 10.2. The Morgan fingerprint density at radius 2 is 1.82 bits per heavy atom. The van der Waals surface area contributed by atoms with E-state index < -0.39 is 5.41 Å². The van der Waals surface area contributed by atoms with Crippen LogP contribution in [0.15, 0.2) is 11.6 Å². The van der Waals surface area contributed by atoms with Crippen LogP contribution in [0, 0.1) is 27.6 Å². The highest BCUT2D eigenvalue weighted by molar-refractivity contribution is 6.15. The van der Waals surface area contributed by atoms with Gasteiger partial charge >= 0.3 is 0 Å². The molecular weight excluding hydrogens is 272 g/mol. The van der Waals surface area contributed by atoms with Gasteiger partial charge in [0, 0.05) is 11.8 Å². The van der Waals surface area contributed by atoms with Gasteiger partial charge in [-0.15, -0.1) is 0 Å². The molecule has 120 valence electrons. The Labute approximate surface area is 133 Å². The molecule has 0 heterocycles. The highest BCUT2D eigenvalue weighted by Gasteiger charge is 2.69. The maximum Gasteiger partial charge on any atom is 0.168 e. The van der Waals surface area contributed by atoms with Gasteiger partial charge < -0.3 is 0 Å². The van der Waals surface area contributed by atoms with Crippen molar-refractivity contribution in [3.8, 4) is 0 Å². The van der Waals surface area contributed by atoms with Crippen molar-refractivity contribution in [1.82, 2.24) is 0 Å². The van der Waals surface area contributed by atoms with E-state index in [1.807, 2.05) is 13.0 Å². The fraction of sp³-hybridized carbons (Fsp3) is 0.800. The SMILES string of the molecule is CC1(C)CCC[C@@]2(C)[C@H]1CCC1=CC(=O)[C@@]3(C)C[C@@]12CC3=O. The number of carbonyl (C=O) groups is 2. The summed E-state index contributed by atoms with van der Waals surface area (Å²) in [6, 6.07) is 0. The van der Waals surface area contributed by atoms with E-state index in [9.17, 15) is 9.59 Å². The average molecular weight is 300 g/mol. The fourth-order valence-corrected chi connectivity index (χ4v) is 6.93. The van der Waals surface area contributed by atoms with Crippen LogP contribution in [0.1, 0.15) is 72.6 Å². The molecule has 0 aromatic heterocycles. The van der Waals surface area contributed by atoms with Crippen LogP contribution in [0.25, 0.3) is 0 Å². The molecule has 0 amide bonds. The molecule has 0 radical (unpaired) electrons. The number of allylic oxidation sites excluding steroid dienone is 2. The van der Waals surface area contributed by atoms with Crippen LogP contribution in [0.2, 0.25) is 0 Å². The van der Waals surface area contributed by atoms with Gasteiger partial charge in [0.15, 0.2) is 5.78 Å². The summed E-state index contributed by atoms with van der Waals surface area (Å²) in [5.74, 6) is 0.959. The molecule has 0 aromatic rings. The molecule has 3 saturated carbocycles. The Hall–Kier alpha value is -0.920. The van der Waals surface area contributed by atoms with Gasteiger partial charge in [0.05, 0.1) is 5.41 Å². The molecule has 0 unspecified atom stereocenters. The summed E-state index contributed by atoms with van der Waals surface area (Å²) in [6.07, 6.45) is 9.28. The summed E-state index contributed by atoms with van der Waals surface area (Å²) < 4.78 is 0. The van der Waals surface area contributed by atoms with E-state index in [2.05, 4.69) is 20.8 Å². The molecule has 2 heteroatoms. The monoisotopic (exact) mass is 300 g/mol. The molecule has 0 aromatic carbocycles. The number of carbonyl (C=O) groups excluding carboxylic acids is 2. The number of hydrogen-bond donors (Lipinski definition) is 0. The lowest BCUT2D eigenvalue weighted by atomic mass is 9.40. The molecule has 4 rings (SSSR count). The van der Waals surface area contributed by atoms with E-state index in [4.69, 9.17) is 0 Å². The highest BCUT2D eigenvalue weighted by atomic mass is 16.2. The molecule has 1 spiro atoms. The lowest BCUT2D eigenvalue weighted by Crippen LogP contribution is -2.56. The van der Waals surface area contributed by atoms with E-state index in [-0.39, 0.29) is 22.4 Å². The predicted molar refractivity (Wildman–Crippen MR) is 86.3 cm³/mol. The lowest BCUT2D eigenvalue weighted by Gasteiger charge is -2.63. The van der Waals surface area contributed by atoms with Gasteiger partial charge in [0.1, 0.15) is 5.78 Å². The minimum Gasteiger partial charge on any atom is -0.299 e. The standard InChI is InChI=1S/C20H28O2/c1-17(2)8-5-9-19(4)14(17)7-6-13-10-15(21)18(3)12-20(13,19)11-16(18)22/h10,14H,5-9,11-12H2,1-4H3/t14-,18+,19-,20-/m0/s1. The van der Waals surface area contributed by atoms with Crippen molar-refractivity contribution in [2.75, 3.05) is 0 Å². The average Bonchev–Trinajstić information content (AvgIpc) is 2.65. The first-order valence-electron chi connectivity index (χ1n) is 8.95. The second-order valence-corrected chi connectivity index (χ2v) is 9.58. The van der Waals surface area contributed by atoms with E-state index >= 15 is 0 Å². The second kappa shape index (κ2) is 3.94. The quantitative estimate of drug-likeness (QED) is 0.618. The lowest BCUT2D eigenvalue weighted by molar-refractivity contribution is -0.135. The van der Waals surface area contributed by atoms with Crippen molar-refractivity contribution in [1.29, 1.82) is 0 Å². The number of rotatable bonds is 0. The Morgan fingerprint density at radius 1 is 1.09 bits per heavy atom. The van der Waals surface area contributed by atoms with Gasteiger partial charge in [-0.25, -0.2) is 0 Å². The van der Waals surface area contributed by atoms with E-state index in [1.54, 1.807) is 0 Å². The maximum absolute atomic E-state index is 12.8. The van der Waals surface area contributed by atoms with Crippen molar-refractivity contribution in [2.24, 2.45) is 27.6 Å². The van der Waals surface area contributed by atoms with Crippen molar-refractivity contribution >= 4 is 11.6 Å². The maximum atomic E-state index is 12.8. The second-order valence-electron chi connectivity index (χ2n) is 9.58. The molecule has 4 aliphatic carbocycles. The Balaban J connectivity index is 1.91. The van der Waals surface area contributed by atoms with Gasteiger partial charge in [-0.2, -0.15) is 0 Å². The first kappa shape index (κ1) is 14.7. The predicted octanol–water partition coefficient (Wildman–Crippen LogP) is 4.48. The van der Waals surface area contributed by atoms with Gasteiger partial charge in [0.2, 0.25) is 0 Å². The number of hydrogen-bond acceptors (Lipinski definition) is 2. The van der Waals surface area contributed by atoms with Crippen LogP contribution in [0.4, 0.5) is 0 Å². The van der Waals surface area contributed by atoms with Crippen molar-refractivity contribution in [3.05, 3.63) is 11.6 Å². The summed E-state index contributed by atoms with van der Waals surface area (Å²) in [5, 5.41) is 0. The summed E-state index contributed by atoms with van der Waals surface area (Å²) in [7, 11) is 0. The smallest absolute Gasteiger partial charge is 0.168 e. The zero-order chi connectivity index (χ0) is 16.0. The topological polar surface area (TPSA) is 34.1 Å². The van der Waals surface area contributed by atoms with Crippen LogP contribution in [0.5, 0.6) is 0 Å². The first-order valence-corrected chi connectivity index (χ1v) is 8.95. The Morgan fingerprint density at radius 3 is 2.55 bits per heavy atom.